The molecule has 0 amide bonds. The lowest BCUT2D eigenvalue weighted by Gasteiger charge is -2.07. The normalized spacial score (nSPS) is 10.6. The standard InChI is InChI=1S/C12H12FNS2/c1-14-8-9-7-10(13)4-5-11(9)16-12-3-2-6-15-12/h2-7,14H,8H2,1H3. The summed E-state index contributed by atoms with van der Waals surface area (Å²) in [6.07, 6.45) is 0. The van der Waals surface area contributed by atoms with Crippen LogP contribution in [-0.4, -0.2) is 7.05 Å². The van der Waals surface area contributed by atoms with Crippen molar-refractivity contribution in [2.75, 3.05) is 7.05 Å². The van der Waals surface area contributed by atoms with Crippen molar-refractivity contribution in [3.05, 3.63) is 47.1 Å². The summed E-state index contributed by atoms with van der Waals surface area (Å²) >= 11 is 3.38. The molecule has 1 nitrogen and oxygen atoms in total. The lowest BCUT2D eigenvalue weighted by Crippen LogP contribution is -2.06. The number of halogens is 1. The molecule has 1 heterocycles. The molecule has 16 heavy (non-hydrogen) atoms. The zero-order valence-corrected chi connectivity index (χ0v) is 10.5. The van der Waals surface area contributed by atoms with E-state index >= 15 is 0 Å². The Morgan fingerprint density at radius 2 is 2.25 bits per heavy atom. The maximum Gasteiger partial charge on any atom is 0.123 e. The highest BCUT2D eigenvalue weighted by atomic mass is 32.2. The SMILES string of the molecule is CNCc1cc(F)ccc1Sc1cccs1. The molecule has 0 saturated heterocycles. The Kier molecular flexibility index (Phi) is 3.98. The predicted octanol–water partition coefficient (Wildman–Crippen LogP) is 3.76. The van der Waals surface area contributed by atoms with Crippen LogP contribution >= 0.6 is 23.1 Å². The molecule has 0 spiro atoms. The molecular formula is C12H12FNS2. The van der Waals surface area contributed by atoms with Gasteiger partial charge in [-0.05, 0) is 42.3 Å². The molecule has 0 aliphatic heterocycles. The van der Waals surface area contributed by atoms with Crippen molar-refractivity contribution < 1.29 is 4.39 Å². The van der Waals surface area contributed by atoms with E-state index in [0.29, 0.717) is 6.54 Å². The Bertz CT molecular complexity index is 454. The Balaban J connectivity index is 2.25. The Hall–Kier alpha value is -0.840. The van der Waals surface area contributed by atoms with Gasteiger partial charge in [0.05, 0.1) is 4.21 Å². The summed E-state index contributed by atoms with van der Waals surface area (Å²) in [5, 5.41) is 5.10. The first kappa shape index (κ1) is 11.6. The Labute approximate surface area is 103 Å². The van der Waals surface area contributed by atoms with E-state index in [2.05, 4.69) is 11.4 Å². The van der Waals surface area contributed by atoms with Crippen molar-refractivity contribution in [3.8, 4) is 0 Å². The van der Waals surface area contributed by atoms with E-state index in [1.165, 1.54) is 10.3 Å². The highest BCUT2D eigenvalue weighted by molar-refractivity contribution is 8.01. The topological polar surface area (TPSA) is 12.0 Å². The minimum Gasteiger partial charge on any atom is -0.316 e. The van der Waals surface area contributed by atoms with Crippen LogP contribution in [-0.2, 0) is 6.54 Å². The zero-order valence-electron chi connectivity index (χ0n) is 8.87. The van der Waals surface area contributed by atoms with E-state index < -0.39 is 0 Å². The molecule has 2 rings (SSSR count). The van der Waals surface area contributed by atoms with Crippen LogP contribution in [0.15, 0.2) is 44.8 Å². The lowest BCUT2D eigenvalue weighted by molar-refractivity contribution is 0.621. The second-order valence-electron chi connectivity index (χ2n) is 3.32. The fraction of sp³-hybridized carbons (Fsp3) is 0.167. The molecule has 0 fully saturated rings. The molecule has 0 aliphatic rings. The average Bonchev–Trinajstić information content (AvgIpc) is 2.75. The van der Waals surface area contributed by atoms with Crippen molar-refractivity contribution in [1.29, 1.82) is 0 Å². The van der Waals surface area contributed by atoms with Gasteiger partial charge in [0.25, 0.3) is 0 Å². The first-order chi connectivity index (χ1) is 7.79. The van der Waals surface area contributed by atoms with Crippen LogP contribution in [0.4, 0.5) is 4.39 Å². The third-order valence-corrected chi connectivity index (χ3v) is 4.25. The van der Waals surface area contributed by atoms with Gasteiger partial charge >= 0.3 is 0 Å². The lowest BCUT2D eigenvalue weighted by atomic mass is 10.2. The van der Waals surface area contributed by atoms with Crippen LogP contribution < -0.4 is 5.32 Å². The van der Waals surface area contributed by atoms with Gasteiger partial charge in [0.1, 0.15) is 5.82 Å². The molecule has 4 heteroatoms. The maximum atomic E-state index is 13.1. The average molecular weight is 253 g/mol. The van der Waals surface area contributed by atoms with Crippen LogP contribution in [0.5, 0.6) is 0 Å². The Morgan fingerprint density at radius 3 is 2.94 bits per heavy atom. The van der Waals surface area contributed by atoms with Crippen molar-refractivity contribution in [2.45, 2.75) is 15.6 Å². The van der Waals surface area contributed by atoms with Gasteiger partial charge in [-0.1, -0.05) is 17.8 Å². The van der Waals surface area contributed by atoms with Crippen molar-refractivity contribution >= 4 is 23.1 Å². The number of thiophene rings is 1. The summed E-state index contributed by atoms with van der Waals surface area (Å²) in [5.74, 6) is -0.180. The van der Waals surface area contributed by atoms with Crippen LogP contribution in [0, 0.1) is 5.82 Å². The summed E-state index contributed by atoms with van der Waals surface area (Å²) in [4.78, 5) is 1.11. The molecular weight excluding hydrogens is 241 g/mol. The largest absolute Gasteiger partial charge is 0.316 e. The molecule has 84 valence electrons. The monoisotopic (exact) mass is 253 g/mol. The van der Waals surface area contributed by atoms with Crippen LogP contribution in [0.25, 0.3) is 0 Å². The number of hydrogen-bond acceptors (Lipinski definition) is 3. The van der Waals surface area contributed by atoms with Crippen molar-refractivity contribution in [2.24, 2.45) is 0 Å². The minimum absolute atomic E-state index is 0.180. The molecule has 0 bridgehead atoms. The van der Waals surface area contributed by atoms with Crippen LogP contribution in [0.1, 0.15) is 5.56 Å². The summed E-state index contributed by atoms with van der Waals surface area (Å²) in [5.41, 5.74) is 1.00. The van der Waals surface area contributed by atoms with Gasteiger partial charge in [-0.15, -0.1) is 11.3 Å². The van der Waals surface area contributed by atoms with Crippen molar-refractivity contribution in [1.82, 2.24) is 5.32 Å². The number of hydrogen-bond donors (Lipinski definition) is 1. The van der Waals surface area contributed by atoms with E-state index in [9.17, 15) is 4.39 Å². The van der Waals surface area contributed by atoms with E-state index in [-0.39, 0.29) is 5.82 Å². The third-order valence-electron chi connectivity index (χ3n) is 2.10. The maximum absolute atomic E-state index is 13.1. The van der Waals surface area contributed by atoms with Crippen LogP contribution in [0.3, 0.4) is 0 Å². The first-order valence-corrected chi connectivity index (χ1v) is 6.63. The Morgan fingerprint density at radius 1 is 1.38 bits per heavy atom. The number of rotatable bonds is 4. The van der Waals surface area contributed by atoms with E-state index in [1.54, 1.807) is 29.2 Å². The fourth-order valence-electron chi connectivity index (χ4n) is 1.41. The summed E-state index contributed by atoms with van der Waals surface area (Å²) < 4.78 is 14.3. The quantitative estimate of drug-likeness (QED) is 0.890. The molecule has 1 aromatic heterocycles. The highest BCUT2D eigenvalue weighted by Crippen LogP contribution is 2.33. The van der Waals surface area contributed by atoms with Gasteiger partial charge in [0, 0.05) is 11.4 Å². The molecule has 1 N–H and O–H groups in total. The molecule has 0 saturated carbocycles. The van der Waals surface area contributed by atoms with Gasteiger partial charge in [0.15, 0.2) is 0 Å². The smallest absolute Gasteiger partial charge is 0.123 e. The molecule has 2 aromatic rings. The highest BCUT2D eigenvalue weighted by Gasteiger charge is 2.06. The number of nitrogens with one attached hydrogen (secondary N) is 1. The van der Waals surface area contributed by atoms with Gasteiger partial charge in [0.2, 0.25) is 0 Å². The van der Waals surface area contributed by atoms with Crippen molar-refractivity contribution in [3.63, 3.8) is 0 Å². The van der Waals surface area contributed by atoms with Gasteiger partial charge in [-0.2, -0.15) is 0 Å². The van der Waals surface area contributed by atoms with Gasteiger partial charge < -0.3 is 5.32 Å². The molecule has 0 unspecified atom stereocenters. The zero-order chi connectivity index (χ0) is 11.4. The van der Waals surface area contributed by atoms with E-state index in [1.807, 2.05) is 24.6 Å². The summed E-state index contributed by atoms with van der Waals surface area (Å²) in [7, 11) is 1.87. The predicted molar refractivity (Wildman–Crippen MR) is 67.6 cm³/mol. The third kappa shape index (κ3) is 2.84. The summed E-state index contributed by atoms with van der Waals surface area (Å²) in [6, 6.07) is 9.03. The fourth-order valence-corrected chi connectivity index (χ4v) is 3.24. The number of benzene rings is 1. The molecule has 0 aliphatic carbocycles. The molecule has 0 radical (unpaired) electrons. The van der Waals surface area contributed by atoms with E-state index in [0.717, 1.165) is 10.5 Å². The second-order valence-corrected chi connectivity index (χ2v) is 5.61. The van der Waals surface area contributed by atoms with E-state index in [4.69, 9.17) is 0 Å². The second kappa shape index (κ2) is 5.48. The van der Waals surface area contributed by atoms with Gasteiger partial charge in [-0.25, -0.2) is 4.39 Å². The van der Waals surface area contributed by atoms with Crippen LogP contribution in [0.2, 0.25) is 0 Å². The molecule has 0 atom stereocenters. The molecule has 1 aromatic carbocycles. The minimum atomic E-state index is -0.180. The first-order valence-electron chi connectivity index (χ1n) is 4.94. The summed E-state index contributed by atoms with van der Waals surface area (Å²) in [6.45, 7) is 0.686. The van der Waals surface area contributed by atoms with Gasteiger partial charge in [-0.3, -0.25) is 0 Å².